The van der Waals surface area contributed by atoms with E-state index in [9.17, 15) is 4.79 Å². The first-order chi connectivity index (χ1) is 9.02. The maximum atomic E-state index is 11.8. The Balaban J connectivity index is 2.42. The lowest BCUT2D eigenvalue weighted by molar-refractivity contribution is -0.120. The van der Waals surface area contributed by atoms with Gasteiger partial charge in [0.1, 0.15) is 0 Å². The molecule has 0 aliphatic carbocycles. The maximum absolute atomic E-state index is 11.8. The van der Waals surface area contributed by atoms with Gasteiger partial charge in [-0.05, 0) is 12.8 Å². The first kappa shape index (κ1) is 16.0. The van der Waals surface area contributed by atoms with Crippen LogP contribution in [0.15, 0.2) is 17.0 Å². The summed E-state index contributed by atoms with van der Waals surface area (Å²) >= 11 is 2.87. The molecule has 0 aliphatic rings. The lowest BCUT2D eigenvalue weighted by Gasteiger charge is -2.11. The van der Waals surface area contributed by atoms with Gasteiger partial charge < -0.3 is 10.6 Å². The van der Waals surface area contributed by atoms with Crippen LogP contribution in [-0.4, -0.2) is 34.4 Å². The predicted octanol–water partition coefficient (Wildman–Crippen LogP) is 2.39. The number of nitrogens with one attached hydrogen (secondary N) is 2. The summed E-state index contributed by atoms with van der Waals surface area (Å²) in [5.41, 5.74) is 0. The fourth-order valence-corrected chi connectivity index (χ4v) is 3.07. The van der Waals surface area contributed by atoms with Crippen LogP contribution in [-0.2, 0) is 4.79 Å². The second-order valence-electron chi connectivity index (χ2n) is 4.44. The smallest absolute Gasteiger partial charge is 0.233 e. The Morgan fingerprint density at radius 3 is 2.84 bits per heavy atom. The number of nitrogens with zero attached hydrogens (tertiary/aromatic N) is 2. The van der Waals surface area contributed by atoms with Crippen molar-refractivity contribution in [2.24, 2.45) is 5.92 Å². The van der Waals surface area contributed by atoms with Crippen LogP contribution in [0.5, 0.6) is 0 Å². The molecule has 19 heavy (non-hydrogen) atoms. The zero-order chi connectivity index (χ0) is 14.3. The SMILES string of the molecule is C=CCNc1nnc(S[C@@H](C)C(=O)NCC(C)C)s1. The topological polar surface area (TPSA) is 66.9 Å². The van der Waals surface area contributed by atoms with Crippen molar-refractivity contribution in [1.29, 1.82) is 0 Å². The van der Waals surface area contributed by atoms with Crippen LogP contribution in [0.3, 0.4) is 0 Å². The van der Waals surface area contributed by atoms with E-state index in [0.717, 1.165) is 9.47 Å². The summed E-state index contributed by atoms with van der Waals surface area (Å²) < 4.78 is 0.791. The average molecular weight is 300 g/mol. The molecule has 0 saturated carbocycles. The van der Waals surface area contributed by atoms with Gasteiger partial charge in [-0.25, -0.2) is 0 Å². The van der Waals surface area contributed by atoms with Crippen LogP contribution in [0, 0.1) is 5.92 Å². The molecule has 7 heteroatoms. The van der Waals surface area contributed by atoms with E-state index in [-0.39, 0.29) is 11.2 Å². The number of hydrogen-bond acceptors (Lipinski definition) is 6. The van der Waals surface area contributed by atoms with Crippen LogP contribution in [0.25, 0.3) is 0 Å². The van der Waals surface area contributed by atoms with Crippen LogP contribution >= 0.6 is 23.1 Å². The van der Waals surface area contributed by atoms with Crippen LogP contribution in [0.2, 0.25) is 0 Å². The average Bonchev–Trinajstić information content (AvgIpc) is 2.80. The zero-order valence-corrected chi connectivity index (χ0v) is 13.1. The van der Waals surface area contributed by atoms with Crippen molar-refractivity contribution in [2.45, 2.75) is 30.4 Å². The van der Waals surface area contributed by atoms with Crippen molar-refractivity contribution in [3.05, 3.63) is 12.7 Å². The molecule has 1 rings (SSSR count). The maximum Gasteiger partial charge on any atom is 0.233 e. The second-order valence-corrected chi connectivity index (χ2v) is 7.01. The summed E-state index contributed by atoms with van der Waals surface area (Å²) in [6.07, 6.45) is 1.76. The molecule has 0 aliphatic heterocycles. The van der Waals surface area contributed by atoms with E-state index < -0.39 is 0 Å². The fourth-order valence-electron chi connectivity index (χ4n) is 1.14. The first-order valence-electron chi connectivity index (χ1n) is 6.15. The second kappa shape index (κ2) is 8.16. The monoisotopic (exact) mass is 300 g/mol. The summed E-state index contributed by atoms with van der Waals surface area (Å²) in [5.74, 6) is 0.492. The third-order valence-corrected chi connectivity index (χ3v) is 4.20. The van der Waals surface area contributed by atoms with Crippen molar-refractivity contribution in [3.63, 3.8) is 0 Å². The largest absolute Gasteiger partial charge is 0.357 e. The minimum atomic E-state index is -0.168. The minimum absolute atomic E-state index is 0.0366. The molecule has 1 amide bonds. The van der Waals surface area contributed by atoms with E-state index in [1.165, 1.54) is 23.1 Å². The lowest BCUT2D eigenvalue weighted by atomic mass is 10.2. The van der Waals surface area contributed by atoms with Gasteiger partial charge >= 0.3 is 0 Å². The number of thioether (sulfide) groups is 1. The molecule has 1 aromatic rings. The van der Waals surface area contributed by atoms with Gasteiger partial charge in [-0.3, -0.25) is 4.79 Å². The Labute approximate surface area is 122 Å². The van der Waals surface area contributed by atoms with Crippen molar-refractivity contribution in [1.82, 2.24) is 15.5 Å². The molecule has 0 aromatic carbocycles. The molecule has 1 heterocycles. The van der Waals surface area contributed by atoms with Gasteiger partial charge in [0, 0.05) is 13.1 Å². The highest BCUT2D eigenvalue weighted by Gasteiger charge is 2.16. The number of rotatable bonds is 8. The summed E-state index contributed by atoms with van der Waals surface area (Å²) in [6.45, 7) is 11.0. The third-order valence-electron chi connectivity index (χ3n) is 2.14. The zero-order valence-electron chi connectivity index (χ0n) is 11.5. The molecule has 1 atom stereocenters. The van der Waals surface area contributed by atoms with Crippen molar-refractivity contribution in [2.75, 3.05) is 18.4 Å². The van der Waals surface area contributed by atoms with E-state index in [0.29, 0.717) is 19.0 Å². The number of hydrogen-bond donors (Lipinski definition) is 2. The van der Waals surface area contributed by atoms with E-state index >= 15 is 0 Å². The number of anilines is 1. The lowest BCUT2D eigenvalue weighted by Crippen LogP contribution is -2.33. The summed E-state index contributed by atoms with van der Waals surface area (Å²) in [4.78, 5) is 11.8. The van der Waals surface area contributed by atoms with Crippen molar-refractivity contribution < 1.29 is 4.79 Å². The molecular formula is C12H20N4OS2. The molecule has 0 spiro atoms. The van der Waals surface area contributed by atoms with Gasteiger partial charge in [-0.1, -0.05) is 43.0 Å². The van der Waals surface area contributed by atoms with Gasteiger partial charge in [0.2, 0.25) is 11.0 Å². The molecule has 0 fully saturated rings. The van der Waals surface area contributed by atoms with E-state index in [1.54, 1.807) is 6.08 Å². The molecule has 1 aromatic heterocycles. The molecule has 0 unspecified atom stereocenters. The molecule has 2 N–H and O–H groups in total. The van der Waals surface area contributed by atoms with Gasteiger partial charge in [0.25, 0.3) is 0 Å². The summed E-state index contributed by atoms with van der Waals surface area (Å²) in [6, 6.07) is 0. The number of aromatic nitrogens is 2. The van der Waals surface area contributed by atoms with Gasteiger partial charge in [0.05, 0.1) is 5.25 Å². The Morgan fingerprint density at radius 1 is 1.47 bits per heavy atom. The standard InChI is InChI=1S/C12H20N4OS2/c1-5-6-13-11-15-16-12(19-11)18-9(4)10(17)14-7-8(2)3/h5,8-9H,1,6-7H2,2-4H3,(H,13,15)(H,14,17)/t9-/m0/s1. The Kier molecular flexibility index (Phi) is 6.86. The first-order valence-corrected chi connectivity index (χ1v) is 7.85. The Hall–Kier alpha value is -1.08. The Morgan fingerprint density at radius 2 is 2.21 bits per heavy atom. The highest BCUT2D eigenvalue weighted by atomic mass is 32.2. The fraction of sp³-hybridized carbons (Fsp3) is 0.583. The predicted molar refractivity (Wildman–Crippen MR) is 81.8 cm³/mol. The van der Waals surface area contributed by atoms with Crippen LogP contribution in [0.1, 0.15) is 20.8 Å². The van der Waals surface area contributed by atoms with Gasteiger partial charge in [0.15, 0.2) is 4.34 Å². The normalized spacial score (nSPS) is 12.2. The molecule has 106 valence electrons. The van der Waals surface area contributed by atoms with Crippen molar-refractivity contribution >= 4 is 34.1 Å². The minimum Gasteiger partial charge on any atom is -0.357 e. The number of amides is 1. The summed E-state index contributed by atoms with van der Waals surface area (Å²) in [5, 5.41) is 14.6. The van der Waals surface area contributed by atoms with Gasteiger partial charge in [-0.2, -0.15) is 0 Å². The molecule has 0 radical (unpaired) electrons. The Bertz CT molecular complexity index is 420. The quantitative estimate of drug-likeness (QED) is 0.570. The molecule has 0 saturated heterocycles. The highest BCUT2D eigenvalue weighted by molar-refractivity contribution is 8.02. The third kappa shape index (κ3) is 6.07. The molecule has 0 bridgehead atoms. The summed E-state index contributed by atoms with van der Waals surface area (Å²) in [7, 11) is 0. The van der Waals surface area contributed by atoms with E-state index in [4.69, 9.17) is 0 Å². The number of carbonyl (C=O) groups excluding carboxylic acids is 1. The van der Waals surface area contributed by atoms with E-state index in [2.05, 4.69) is 41.3 Å². The molecule has 5 nitrogen and oxygen atoms in total. The molecular weight excluding hydrogens is 280 g/mol. The highest BCUT2D eigenvalue weighted by Crippen LogP contribution is 2.28. The van der Waals surface area contributed by atoms with Crippen LogP contribution < -0.4 is 10.6 Å². The number of carbonyl (C=O) groups is 1. The van der Waals surface area contributed by atoms with E-state index in [1.807, 2.05) is 6.92 Å². The van der Waals surface area contributed by atoms with Gasteiger partial charge in [-0.15, -0.1) is 16.8 Å². The van der Waals surface area contributed by atoms with Crippen LogP contribution in [0.4, 0.5) is 5.13 Å². The van der Waals surface area contributed by atoms with Crippen molar-refractivity contribution in [3.8, 4) is 0 Å².